The van der Waals surface area contributed by atoms with E-state index in [-0.39, 0.29) is 5.92 Å². The van der Waals surface area contributed by atoms with E-state index in [4.69, 9.17) is 28.2 Å². The normalized spacial score (nSPS) is 14.2. The number of rotatable bonds is 6. The molecule has 0 N–H and O–H groups in total. The molecular weight excluding hydrogens is 775 g/mol. The highest BCUT2D eigenvalue weighted by Crippen LogP contribution is 2.40. The van der Waals surface area contributed by atoms with Gasteiger partial charge in [0.25, 0.3) is 0 Å². The second-order valence-corrected chi connectivity index (χ2v) is 16.2. The Morgan fingerprint density at radius 2 is 0.905 bits per heavy atom. The van der Waals surface area contributed by atoms with E-state index in [2.05, 4.69) is 121 Å². The second-order valence-electron chi connectivity index (χ2n) is 16.2. The van der Waals surface area contributed by atoms with Crippen LogP contribution in [0.1, 0.15) is 23.5 Å². The first-order valence-corrected chi connectivity index (χ1v) is 21.3. The molecule has 0 bridgehead atoms. The molecule has 1 aliphatic carbocycles. The van der Waals surface area contributed by atoms with Crippen molar-refractivity contribution >= 4 is 71.4 Å². The number of benzene rings is 8. The Balaban J connectivity index is 0.881. The maximum Gasteiger partial charge on any atom is 0.164 e. The number of nitrogens with zero attached hydrogens (tertiary/aromatic N) is 3. The van der Waals surface area contributed by atoms with E-state index in [1.807, 2.05) is 72.8 Å². The molecule has 0 aliphatic heterocycles. The smallest absolute Gasteiger partial charge is 0.164 e. The highest BCUT2D eigenvalue weighted by Gasteiger charge is 2.21. The fourth-order valence-electron chi connectivity index (χ4n) is 9.44. The van der Waals surface area contributed by atoms with Crippen LogP contribution in [0, 0.1) is 0 Å². The molecule has 6 nitrogen and oxygen atoms in total. The van der Waals surface area contributed by atoms with Gasteiger partial charge in [-0.25, -0.2) is 15.0 Å². The van der Waals surface area contributed by atoms with Gasteiger partial charge in [-0.05, 0) is 82.8 Å². The van der Waals surface area contributed by atoms with Crippen molar-refractivity contribution in [3.05, 3.63) is 205 Å². The van der Waals surface area contributed by atoms with Crippen molar-refractivity contribution in [2.75, 3.05) is 0 Å². The van der Waals surface area contributed by atoms with Crippen molar-refractivity contribution in [2.24, 2.45) is 0 Å². The van der Waals surface area contributed by atoms with Gasteiger partial charge in [-0.15, -0.1) is 0 Å². The number of aromatic nitrogens is 3. The Hall–Kier alpha value is -8.35. The molecule has 4 heterocycles. The molecule has 0 radical (unpaired) electrons. The predicted octanol–water partition coefficient (Wildman–Crippen LogP) is 15.4. The summed E-state index contributed by atoms with van der Waals surface area (Å²) in [6.45, 7) is 0. The van der Waals surface area contributed by atoms with E-state index >= 15 is 0 Å². The van der Waals surface area contributed by atoms with Crippen LogP contribution in [-0.4, -0.2) is 15.0 Å². The standard InChI is InChI=1S/C57H35N3O3/c1-4-20-47-41(15-1)42-30-29-39(33-52(42)63-47)35-27-25-34(26-28-35)36-11-7-12-37(31-36)38-13-8-14-40(32-38)55-58-56(45-18-9-23-50-53(45)43-16-2-5-21-48(43)61-50)60-57(59-55)46-19-10-24-51-54(46)44-17-3-6-22-49(44)62-51/h1-25,27-34H,26H2. The lowest BCUT2D eigenvalue weighted by molar-refractivity contribution is 0.668. The minimum atomic E-state index is 0.254. The summed E-state index contributed by atoms with van der Waals surface area (Å²) in [6.07, 6.45) is 7.83. The van der Waals surface area contributed by atoms with E-state index in [1.54, 1.807) is 0 Å². The average molecular weight is 810 g/mol. The SMILES string of the molecule is C1=CC(c2cccc(-c3cccc(-c4nc(-c5cccc6oc7ccccc7c56)nc(-c5cccc6oc7ccccc7c56)n4)c3)c2)CC=C1c1ccc2c(c1)oc1ccccc12. The molecule has 0 saturated carbocycles. The number of hydrogen-bond acceptors (Lipinski definition) is 6. The van der Waals surface area contributed by atoms with Gasteiger partial charge in [0.15, 0.2) is 17.5 Å². The van der Waals surface area contributed by atoms with E-state index in [9.17, 15) is 0 Å². The van der Waals surface area contributed by atoms with Gasteiger partial charge in [0.2, 0.25) is 0 Å². The molecule has 296 valence electrons. The molecule has 4 aromatic heterocycles. The first-order chi connectivity index (χ1) is 31.2. The topological polar surface area (TPSA) is 78.1 Å². The minimum absolute atomic E-state index is 0.254. The van der Waals surface area contributed by atoms with Crippen molar-refractivity contribution in [2.45, 2.75) is 12.3 Å². The lowest BCUT2D eigenvalue weighted by Crippen LogP contribution is -2.01. The molecule has 0 spiro atoms. The molecule has 12 aromatic rings. The Kier molecular flexibility index (Phi) is 7.93. The highest BCUT2D eigenvalue weighted by atomic mass is 16.3. The van der Waals surface area contributed by atoms with Crippen molar-refractivity contribution in [1.29, 1.82) is 0 Å². The van der Waals surface area contributed by atoms with Crippen molar-refractivity contribution in [1.82, 2.24) is 15.0 Å². The van der Waals surface area contributed by atoms with E-state index in [0.29, 0.717) is 17.5 Å². The summed E-state index contributed by atoms with van der Waals surface area (Å²) in [4.78, 5) is 15.7. The van der Waals surface area contributed by atoms with Crippen molar-refractivity contribution < 1.29 is 13.3 Å². The van der Waals surface area contributed by atoms with Crippen LogP contribution in [0.4, 0.5) is 0 Å². The van der Waals surface area contributed by atoms with Gasteiger partial charge < -0.3 is 13.3 Å². The van der Waals surface area contributed by atoms with Crippen LogP contribution < -0.4 is 0 Å². The third kappa shape index (κ3) is 5.91. The van der Waals surface area contributed by atoms with Crippen LogP contribution in [0.2, 0.25) is 0 Å². The maximum atomic E-state index is 6.31. The van der Waals surface area contributed by atoms with Crippen LogP contribution >= 0.6 is 0 Å². The monoisotopic (exact) mass is 809 g/mol. The highest BCUT2D eigenvalue weighted by molar-refractivity contribution is 6.13. The molecule has 6 heteroatoms. The number of fused-ring (bicyclic) bond motifs is 9. The maximum absolute atomic E-state index is 6.31. The number of allylic oxidation sites excluding steroid dienone is 4. The quantitative estimate of drug-likeness (QED) is 0.166. The molecule has 0 saturated heterocycles. The summed E-state index contributed by atoms with van der Waals surface area (Å²) in [6, 6.07) is 60.5. The zero-order valence-electron chi connectivity index (χ0n) is 33.8. The predicted molar refractivity (Wildman–Crippen MR) is 254 cm³/mol. The third-order valence-electron chi connectivity index (χ3n) is 12.5. The van der Waals surface area contributed by atoms with Crippen LogP contribution in [0.5, 0.6) is 0 Å². The van der Waals surface area contributed by atoms with Gasteiger partial charge >= 0.3 is 0 Å². The van der Waals surface area contributed by atoms with Crippen LogP contribution in [0.15, 0.2) is 207 Å². The van der Waals surface area contributed by atoms with Crippen molar-refractivity contribution in [3.8, 4) is 45.3 Å². The molecule has 63 heavy (non-hydrogen) atoms. The second kappa shape index (κ2) is 14.1. The fourth-order valence-corrected chi connectivity index (χ4v) is 9.44. The lowest BCUT2D eigenvalue weighted by atomic mass is 9.87. The van der Waals surface area contributed by atoms with E-state index in [1.165, 1.54) is 11.1 Å². The minimum Gasteiger partial charge on any atom is -0.456 e. The van der Waals surface area contributed by atoms with Crippen molar-refractivity contribution in [3.63, 3.8) is 0 Å². The fraction of sp³-hybridized carbons (Fsp3) is 0.0351. The van der Waals surface area contributed by atoms with Gasteiger partial charge in [0.1, 0.15) is 33.5 Å². The molecule has 0 fully saturated rings. The molecule has 0 amide bonds. The van der Waals surface area contributed by atoms with Crippen LogP contribution in [-0.2, 0) is 0 Å². The Morgan fingerprint density at radius 1 is 0.381 bits per heavy atom. The van der Waals surface area contributed by atoms with Gasteiger partial charge in [-0.1, -0.05) is 146 Å². The molecule has 8 aromatic carbocycles. The zero-order chi connectivity index (χ0) is 41.4. The molecule has 1 unspecified atom stereocenters. The van der Waals surface area contributed by atoms with Crippen LogP contribution in [0.3, 0.4) is 0 Å². The summed E-state index contributed by atoms with van der Waals surface area (Å²) in [5.41, 5.74) is 13.5. The molecule has 1 atom stereocenters. The number of hydrogen-bond donors (Lipinski definition) is 0. The summed E-state index contributed by atoms with van der Waals surface area (Å²) < 4.78 is 18.8. The largest absolute Gasteiger partial charge is 0.456 e. The Labute approximate surface area is 361 Å². The zero-order valence-corrected chi connectivity index (χ0v) is 33.8. The van der Waals surface area contributed by atoms with Crippen LogP contribution in [0.25, 0.3) is 117 Å². The summed E-state index contributed by atoms with van der Waals surface area (Å²) in [5, 5.41) is 6.26. The van der Waals surface area contributed by atoms with Gasteiger partial charge in [0, 0.05) is 54.9 Å². The number of para-hydroxylation sites is 3. The molecule has 1 aliphatic rings. The molecular formula is C57H35N3O3. The van der Waals surface area contributed by atoms with Gasteiger partial charge in [0.05, 0.1) is 0 Å². The van der Waals surface area contributed by atoms with E-state index in [0.717, 1.165) is 106 Å². The first-order valence-electron chi connectivity index (χ1n) is 21.3. The summed E-state index contributed by atoms with van der Waals surface area (Å²) >= 11 is 0. The summed E-state index contributed by atoms with van der Waals surface area (Å²) in [7, 11) is 0. The molecule has 13 rings (SSSR count). The Bertz CT molecular complexity index is 3730. The third-order valence-corrected chi connectivity index (χ3v) is 12.5. The lowest BCUT2D eigenvalue weighted by Gasteiger charge is -2.18. The van der Waals surface area contributed by atoms with Gasteiger partial charge in [-0.2, -0.15) is 0 Å². The first kappa shape index (κ1) is 35.4. The van der Waals surface area contributed by atoms with Gasteiger partial charge in [-0.3, -0.25) is 0 Å². The Morgan fingerprint density at radius 3 is 1.57 bits per heavy atom. The average Bonchev–Trinajstić information content (AvgIpc) is 4.05. The van der Waals surface area contributed by atoms with E-state index < -0.39 is 0 Å². The summed E-state index contributed by atoms with van der Waals surface area (Å²) in [5.74, 6) is 1.97. The number of furan rings is 3.